The molecule has 2 nitrogen and oxygen atoms in total. The molecule has 14 heavy (non-hydrogen) atoms. The Kier molecular flexibility index (Phi) is 6.26. The number of amides is 1. The van der Waals surface area contributed by atoms with Crippen LogP contribution in [0.2, 0.25) is 0 Å². The third kappa shape index (κ3) is 5.05. The smallest absolute Gasteiger partial charge is 0.223 e. The molecule has 0 aromatic carbocycles. The number of nitrogens with one attached hydrogen (secondary N) is 1. The minimum absolute atomic E-state index is 0.121. The largest absolute Gasteiger partial charge is 0.354 e. The van der Waals surface area contributed by atoms with E-state index in [4.69, 9.17) is 0 Å². The van der Waals surface area contributed by atoms with Crippen molar-refractivity contribution in [1.29, 1.82) is 0 Å². The van der Waals surface area contributed by atoms with Crippen LogP contribution in [-0.4, -0.2) is 11.9 Å². The minimum atomic E-state index is 0.121. The number of rotatable bonds is 6. The first-order valence-electron chi connectivity index (χ1n) is 5.40. The van der Waals surface area contributed by atoms with Crippen molar-refractivity contribution in [2.24, 2.45) is 11.8 Å². The number of carbonyl (C=O) groups excluding carboxylic acids is 1. The van der Waals surface area contributed by atoms with E-state index in [2.05, 4.69) is 25.7 Å². The zero-order valence-electron chi connectivity index (χ0n) is 9.84. The van der Waals surface area contributed by atoms with E-state index in [0.717, 1.165) is 12.8 Å². The Balaban J connectivity index is 4.18. The van der Waals surface area contributed by atoms with Gasteiger partial charge in [-0.1, -0.05) is 19.9 Å². The van der Waals surface area contributed by atoms with Crippen molar-refractivity contribution in [2.45, 2.75) is 46.6 Å². The third-order valence-corrected chi connectivity index (χ3v) is 2.25. The van der Waals surface area contributed by atoms with Crippen LogP contribution in [0.15, 0.2) is 12.7 Å². The predicted molar refractivity (Wildman–Crippen MR) is 61.0 cm³/mol. The Morgan fingerprint density at radius 2 is 1.93 bits per heavy atom. The molecule has 0 spiro atoms. The van der Waals surface area contributed by atoms with Gasteiger partial charge in [0.15, 0.2) is 0 Å². The van der Waals surface area contributed by atoms with E-state index in [-0.39, 0.29) is 17.9 Å². The quantitative estimate of drug-likeness (QED) is 0.652. The average Bonchev–Trinajstić information content (AvgIpc) is 2.02. The number of hydrogen-bond donors (Lipinski definition) is 1. The molecule has 0 saturated heterocycles. The molecule has 0 aliphatic heterocycles. The van der Waals surface area contributed by atoms with Gasteiger partial charge in [-0.25, -0.2) is 0 Å². The van der Waals surface area contributed by atoms with Crippen LogP contribution in [0.4, 0.5) is 0 Å². The van der Waals surface area contributed by atoms with Gasteiger partial charge in [0.2, 0.25) is 5.91 Å². The van der Waals surface area contributed by atoms with Crippen molar-refractivity contribution in [3.05, 3.63) is 12.7 Å². The summed E-state index contributed by atoms with van der Waals surface area (Å²) >= 11 is 0. The fourth-order valence-corrected chi connectivity index (χ4v) is 1.46. The first-order valence-corrected chi connectivity index (χ1v) is 5.40. The normalized spacial score (nSPS) is 13.0. The van der Waals surface area contributed by atoms with Crippen LogP contribution in [0, 0.1) is 11.8 Å². The Morgan fingerprint density at radius 3 is 2.29 bits per heavy atom. The van der Waals surface area contributed by atoms with E-state index in [1.807, 2.05) is 19.9 Å². The topological polar surface area (TPSA) is 29.1 Å². The van der Waals surface area contributed by atoms with Gasteiger partial charge in [0.1, 0.15) is 0 Å². The summed E-state index contributed by atoms with van der Waals surface area (Å²) in [5.41, 5.74) is 0. The maximum absolute atomic E-state index is 11.8. The number of hydrogen-bond acceptors (Lipinski definition) is 1. The van der Waals surface area contributed by atoms with Crippen LogP contribution >= 0.6 is 0 Å². The predicted octanol–water partition coefficient (Wildman–Crippen LogP) is 2.75. The van der Waals surface area contributed by atoms with Crippen molar-refractivity contribution in [3.8, 4) is 0 Å². The Labute approximate surface area is 87.8 Å². The molecule has 0 saturated carbocycles. The monoisotopic (exact) mass is 197 g/mol. The Morgan fingerprint density at radius 1 is 1.36 bits per heavy atom. The first-order chi connectivity index (χ1) is 6.49. The summed E-state index contributed by atoms with van der Waals surface area (Å²) in [5.74, 6) is 0.695. The highest BCUT2D eigenvalue weighted by molar-refractivity contribution is 5.79. The van der Waals surface area contributed by atoms with Crippen molar-refractivity contribution in [3.63, 3.8) is 0 Å². The summed E-state index contributed by atoms with van der Waals surface area (Å²) in [5, 5.41) is 2.96. The molecule has 82 valence electrons. The van der Waals surface area contributed by atoms with Gasteiger partial charge in [0, 0.05) is 12.0 Å². The molecule has 0 aliphatic carbocycles. The summed E-state index contributed by atoms with van der Waals surface area (Å²) in [7, 11) is 0. The van der Waals surface area contributed by atoms with Gasteiger partial charge in [-0.2, -0.15) is 0 Å². The van der Waals surface area contributed by atoms with Crippen LogP contribution in [0.3, 0.4) is 0 Å². The second kappa shape index (κ2) is 6.63. The second-order valence-corrected chi connectivity index (χ2v) is 4.38. The SMILES string of the molecule is C=CCCC(C(=O)NC(C)C)C(C)C. The van der Waals surface area contributed by atoms with Crippen molar-refractivity contribution in [1.82, 2.24) is 5.32 Å². The Bertz CT molecular complexity index is 185. The zero-order chi connectivity index (χ0) is 11.1. The van der Waals surface area contributed by atoms with Crippen molar-refractivity contribution < 1.29 is 4.79 Å². The first kappa shape index (κ1) is 13.2. The van der Waals surface area contributed by atoms with Crippen molar-refractivity contribution in [2.75, 3.05) is 0 Å². The number of allylic oxidation sites excluding steroid dienone is 1. The summed E-state index contributed by atoms with van der Waals surface area (Å²) in [6.07, 6.45) is 3.69. The molecule has 2 heteroatoms. The molecule has 0 aromatic rings. The van der Waals surface area contributed by atoms with Gasteiger partial charge in [-0.05, 0) is 32.6 Å². The van der Waals surface area contributed by atoms with Gasteiger partial charge >= 0.3 is 0 Å². The molecule has 0 rings (SSSR count). The van der Waals surface area contributed by atoms with E-state index in [1.54, 1.807) is 0 Å². The standard InChI is InChI=1S/C12H23NO/c1-6-7-8-11(9(2)3)12(14)13-10(4)5/h6,9-11H,1,7-8H2,2-5H3,(H,13,14). The highest BCUT2D eigenvalue weighted by Gasteiger charge is 2.21. The van der Waals surface area contributed by atoms with Crippen LogP contribution in [0.5, 0.6) is 0 Å². The number of carbonyl (C=O) groups is 1. The molecular formula is C12H23NO. The molecule has 1 atom stereocenters. The van der Waals surface area contributed by atoms with Gasteiger partial charge in [-0.15, -0.1) is 6.58 Å². The van der Waals surface area contributed by atoms with Gasteiger partial charge in [-0.3, -0.25) is 4.79 Å². The van der Waals surface area contributed by atoms with E-state index in [9.17, 15) is 4.79 Å². The zero-order valence-corrected chi connectivity index (χ0v) is 9.84. The maximum Gasteiger partial charge on any atom is 0.223 e. The average molecular weight is 197 g/mol. The molecule has 0 aliphatic rings. The second-order valence-electron chi connectivity index (χ2n) is 4.38. The molecule has 1 amide bonds. The van der Waals surface area contributed by atoms with E-state index in [1.165, 1.54) is 0 Å². The third-order valence-electron chi connectivity index (χ3n) is 2.25. The fourth-order valence-electron chi connectivity index (χ4n) is 1.46. The van der Waals surface area contributed by atoms with Gasteiger partial charge in [0.25, 0.3) is 0 Å². The van der Waals surface area contributed by atoms with Crippen molar-refractivity contribution >= 4 is 5.91 Å². The highest BCUT2D eigenvalue weighted by atomic mass is 16.1. The lowest BCUT2D eigenvalue weighted by atomic mass is 9.90. The van der Waals surface area contributed by atoms with Crippen LogP contribution in [0.1, 0.15) is 40.5 Å². The summed E-state index contributed by atoms with van der Waals surface area (Å²) in [6.45, 7) is 11.8. The van der Waals surface area contributed by atoms with Crippen LogP contribution < -0.4 is 5.32 Å². The van der Waals surface area contributed by atoms with Gasteiger partial charge < -0.3 is 5.32 Å². The molecule has 1 N–H and O–H groups in total. The van der Waals surface area contributed by atoms with E-state index in [0.29, 0.717) is 5.92 Å². The molecule has 0 radical (unpaired) electrons. The lowest BCUT2D eigenvalue weighted by molar-refractivity contribution is -0.127. The Hall–Kier alpha value is -0.790. The highest BCUT2D eigenvalue weighted by Crippen LogP contribution is 2.17. The van der Waals surface area contributed by atoms with Crippen LogP contribution in [-0.2, 0) is 4.79 Å². The summed E-state index contributed by atoms with van der Waals surface area (Å²) in [6, 6.07) is 0.229. The van der Waals surface area contributed by atoms with Crippen LogP contribution in [0.25, 0.3) is 0 Å². The molecule has 0 aromatic heterocycles. The molecule has 0 bridgehead atoms. The molecule has 0 fully saturated rings. The lowest BCUT2D eigenvalue weighted by Gasteiger charge is -2.21. The van der Waals surface area contributed by atoms with Gasteiger partial charge in [0.05, 0.1) is 0 Å². The minimum Gasteiger partial charge on any atom is -0.354 e. The summed E-state index contributed by atoms with van der Waals surface area (Å²) < 4.78 is 0. The molecular weight excluding hydrogens is 174 g/mol. The summed E-state index contributed by atoms with van der Waals surface area (Å²) in [4.78, 5) is 11.8. The molecule has 1 unspecified atom stereocenters. The maximum atomic E-state index is 11.8. The lowest BCUT2D eigenvalue weighted by Crippen LogP contribution is -2.37. The van der Waals surface area contributed by atoms with E-state index >= 15 is 0 Å². The van der Waals surface area contributed by atoms with E-state index < -0.39 is 0 Å². The fraction of sp³-hybridized carbons (Fsp3) is 0.750. The molecule has 0 heterocycles.